The molecule has 3 aromatic carbocycles. The quantitative estimate of drug-likeness (QED) is 0.281. The molecule has 0 aliphatic heterocycles. The molecule has 0 saturated carbocycles. The number of hydrogen-bond donors (Lipinski definition) is 3. The SMILES string of the molecule is CCc1cccc(CNCC(O)C(Cc2cc(F)cc(F)c2)N(C)C(=O)c2cc(C)cc(C(=O)NCC(=O)N(C)C)c2)c1. The van der Waals surface area contributed by atoms with Crippen molar-refractivity contribution in [3.63, 3.8) is 0 Å². The molecule has 230 valence electrons. The number of aliphatic hydroxyl groups excluding tert-OH is 1. The molecule has 0 aromatic heterocycles. The molecule has 0 spiro atoms. The Hall–Kier alpha value is -4.15. The minimum absolute atomic E-state index is 0.0170. The average Bonchev–Trinajstić information content (AvgIpc) is 2.96. The van der Waals surface area contributed by atoms with E-state index in [-0.39, 0.29) is 42.1 Å². The molecule has 43 heavy (non-hydrogen) atoms. The zero-order chi connectivity index (χ0) is 31.7. The topological polar surface area (TPSA) is 102 Å². The van der Waals surface area contributed by atoms with Gasteiger partial charge in [0.05, 0.1) is 18.7 Å². The van der Waals surface area contributed by atoms with Crippen molar-refractivity contribution >= 4 is 17.7 Å². The van der Waals surface area contributed by atoms with Crippen LogP contribution in [0.5, 0.6) is 0 Å². The van der Waals surface area contributed by atoms with Crippen LogP contribution in [0.15, 0.2) is 60.7 Å². The van der Waals surface area contributed by atoms with Gasteiger partial charge in [0.15, 0.2) is 0 Å². The molecule has 0 aliphatic rings. The first-order valence-electron chi connectivity index (χ1n) is 14.2. The van der Waals surface area contributed by atoms with Crippen LogP contribution in [0.3, 0.4) is 0 Å². The summed E-state index contributed by atoms with van der Waals surface area (Å²) < 4.78 is 28.0. The number of aryl methyl sites for hydroxylation is 2. The molecule has 0 fully saturated rings. The molecule has 10 heteroatoms. The van der Waals surface area contributed by atoms with E-state index in [1.807, 2.05) is 18.2 Å². The summed E-state index contributed by atoms with van der Waals surface area (Å²) in [4.78, 5) is 41.1. The molecule has 8 nitrogen and oxygen atoms in total. The second kappa shape index (κ2) is 15.4. The van der Waals surface area contributed by atoms with Crippen LogP contribution in [0.25, 0.3) is 0 Å². The van der Waals surface area contributed by atoms with Gasteiger partial charge >= 0.3 is 0 Å². The van der Waals surface area contributed by atoms with Crippen LogP contribution < -0.4 is 10.6 Å². The Kier molecular flexibility index (Phi) is 11.9. The van der Waals surface area contributed by atoms with Gasteiger partial charge in [-0.2, -0.15) is 0 Å². The fourth-order valence-electron chi connectivity index (χ4n) is 4.77. The fourth-order valence-corrected chi connectivity index (χ4v) is 4.77. The highest BCUT2D eigenvalue weighted by atomic mass is 19.1. The Bertz CT molecular complexity index is 1430. The average molecular weight is 595 g/mol. The van der Waals surface area contributed by atoms with E-state index < -0.39 is 35.6 Å². The van der Waals surface area contributed by atoms with Crippen molar-refractivity contribution in [3.05, 3.63) is 106 Å². The molecule has 2 atom stereocenters. The Balaban J connectivity index is 1.82. The summed E-state index contributed by atoms with van der Waals surface area (Å²) in [6, 6.07) is 15.0. The van der Waals surface area contributed by atoms with Gasteiger partial charge in [-0.05, 0) is 72.4 Å². The van der Waals surface area contributed by atoms with Crippen LogP contribution in [-0.4, -0.2) is 79.0 Å². The van der Waals surface area contributed by atoms with Crippen LogP contribution in [0, 0.1) is 18.6 Å². The molecule has 3 rings (SSSR count). The van der Waals surface area contributed by atoms with E-state index in [1.165, 1.54) is 40.6 Å². The van der Waals surface area contributed by atoms with Crippen molar-refractivity contribution < 1.29 is 28.3 Å². The third-order valence-corrected chi connectivity index (χ3v) is 7.20. The number of rotatable bonds is 13. The van der Waals surface area contributed by atoms with E-state index in [9.17, 15) is 28.3 Å². The molecule has 0 radical (unpaired) electrons. The normalized spacial score (nSPS) is 12.4. The van der Waals surface area contributed by atoms with Gasteiger partial charge in [0.2, 0.25) is 5.91 Å². The predicted molar refractivity (Wildman–Crippen MR) is 162 cm³/mol. The fraction of sp³-hybridized carbons (Fsp3) is 0.364. The monoisotopic (exact) mass is 594 g/mol. The molecule has 3 N–H and O–H groups in total. The first kappa shape index (κ1) is 33.4. The van der Waals surface area contributed by atoms with Crippen molar-refractivity contribution in [2.24, 2.45) is 0 Å². The lowest BCUT2D eigenvalue weighted by molar-refractivity contribution is -0.127. The highest BCUT2D eigenvalue weighted by molar-refractivity contribution is 6.01. The first-order valence-corrected chi connectivity index (χ1v) is 14.2. The second-order valence-corrected chi connectivity index (χ2v) is 10.9. The Labute approximate surface area is 251 Å². The zero-order valence-electron chi connectivity index (χ0n) is 25.3. The second-order valence-electron chi connectivity index (χ2n) is 10.9. The summed E-state index contributed by atoms with van der Waals surface area (Å²) in [7, 11) is 4.67. The smallest absolute Gasteiger partial charge is 0.253 e. The number of nitrogens with one attached hydrogen (secondary N) is 2. The number of likely N-dealkylation sites (N-methyl/N-ethyl adjacent to an activating group) is 2. The van der Waals surface area contributed by atoms with E-state index in [2.05, 4.69) is 23.6 Å². The summed E-state index contributed by atoms with van der Waals surface area (Å²) in [6.07, 6.45) is -0.220. The number of amides is 3. The molecule has 0 heterocycles. The van der Waals surface area contributed by atoms with Gasteiger partial charge in [-0.25, -0.2) is 8.78 Å². The molecule has 3 aromatic rings. The number of aliphatic hydroxyl groups is 1. The molecule has 0 bridgehead atoms. The van der Waals surface area contributed by atoms with Crippen molar-refractivity contribution in [2.45, 2.75) is 45.4 Å². The highest BCUT2D eigenvalue weighted by Crippen LogP contribution is 2.19. The first-order chi connectivity index (χ1) is 20.4. The van der Waals surface area contributed by atoms with E-state index in [4.69, 9.17) is 0 Å². The highest BCUT2D eigenvalue weighted by Gasteiger charge is 2.29. The lowest BCUT2D eigenvalue weighted by Gasteiger charge is -2.33. The Morgan fingerprint density at radius 1 is 0.884 bits per heavy atom. The minimum Gasteiger partial charge on any atom is -0.390 e. The van der Waals surface area contributed by atoms with E-state index >= 15 is 0 Å². The lowest BCUT2D eigenvalue weighted by Crippen LogP contribution is -2.49. The Morgan fingerprint density at radius 3 is 2.19 bits per heavy atom. The summed E-state index contributed by atoms with van der Waals surface area (Å²) in [5.74, 6) is -2.80. The number of halogens is 2. The minimum atomic E-state index is -1.10. The van der Waals surface area contributed by atoms with Gasteiger partial charge in [-0.3, -0.25) is 14.4 Å². The maximum atomic E-state index is 14.0. The van der Waals surface area contributed by atoms with Crippen molar-refractivity contribution in [2.75, 3.05) is 34.2 Å². The number of carbonyl (C=O) groups is 3. The Morgan fingerprint density at radius 2 is 1.53 bits per heavy atom. The van der Waals surface area contributed by atoms with Crippen LogP contribution in [-0.2, 0) is 24.2 Å². The number of hydrogen-bond acceptors (Lipinski definition) is 5. The number of nitrogens with zero attached hydrogens (tertiary/aromatic N) is 2. The van der Waals surface area contributed by atoms with Crippen molar-refractivity contribution in [3.8, 4) is 0 Å². The third-order valence-electron chi connectivity index (χ3n) is 7.20. The molecule has 3 amide bonds. The maximum absolute atomic E-state index is 14.0. The number of carbonyl (C=O) groups excluding carboxylic acids is 3. The summed E-state index contributed by atoms with van der Waals surface area (Å²) >= 11 is 0. The van der Waals surface area contributed by atoms with E-state index in [1.54, 1.807) is 33.2 Å². The molecule has 0 aliphatic carbocycles. The van der Waals surface area contributed by atoms with Gasteiger partial charge in [-0.15, -0.1) is 0 Å². The molecular weight excluding hydrogens is 554 g/mol. The van der Waals surface area contributed by atoms with Crippen LogP contribution in [0.4, 0.5) is 8.78 Å². The number of benzene rings is 3. The van der Waals surface area contributed by atoms with Gasteiger partial charge in [0.1, 0.15) is 11.6 Å². The molecule has 0 saturated heterocycles. The standard InChI is InChI=1S/C33H40F2N4O4/c1-6-22-8-7-9-23(12-22)18-36-19-30(40)29(15-24-13-27(34)17-28(35)14-24)39(5)33(43)26-11-21(2)10-25(16-26)32(42)37-20-31(41)38(3)4/h7-14,16-17,29-30,36,40H,6,15,18-20H2,1-5H3,(H,37,42). The summed E-state index contributed by atoms with van der Waals surface area (Å²) in [5, 5.41) is 17.0. The van der Waals surface area contributed by atoms with Crippen molar-refractivity contribution in [1.82, 2.24) is 20.4 Å². The van der Waals surface area contributed by atoms with Gasteiger partial charge < -0.3 is 25.5 Å². The van der Waals surface area contributed by atoms with Gasteiger partial charge in [0, 0.05) is 51.4 Å². The maximum Gasteiger partial charge on any atom is 0.253 e. The van der Waals surface area contributed by atoms with Crippen molar-refractivity contribution in [1.29, 1.82) is 0 Å². The van der Waals surface area contributed by atoms with E-state index in [0.29, 0.717) is 12.1 Å². The van der Waals surface area contributed by atoms with Crippen LogP contribution >= 0.6 is 0 Å². The van der Waals surface area contributed by atoms with Gasteiger partial charge in [0.25, 0.3) is 11.8 Å². The lowest BCUT2D eigenvalue weighted by atomic mass is 9.97. The zero-order valence-corrected chi connectivity index (χ0v) is 25.3. The summed E-state index contributed by atoms with van der Waals surface area (Å²) in [5.41, 5.74) is 3.54. The van der Waals surface area contributed by atoms with Crippen LogP contribution in [0.2, 0.25) is 0 Å². The van der Waals surface area contributed by atoms with Crippen LogP contribution in [0.1, 0.15) is 49.9 Å². The summed E-state index contributed by atoms with van der Waals surface area (Å²) in [6.45, 7) is 4.20. The molecule has 2 unspecified atom stereocenters. The van der Waals surface area contributed by atoms with E-state index in [0.717, 1.165) is 18.1 Å². The van der Waals surface area contributed by atoms with Gasteiger partial charge in [-0.1, -0.05) is 31.2 Å². The predicted octanol–water partition coefficient (Wildman–Crippen LogP) is 3.49. The largest absolute Gasteiger partial charge is 0.390 e. The third kappa shape index (κ3) is 9.69. The molecular formula is C33H40F2N4O4.